The molecule has 1 fully saturated rings. The number of hydrogen-bond acceptors (Lipinski definition) is 7. The molecule has 1 aliphatic heterocycles. The molecule has 1 aromatic carbocycles. The number of esters is 1. The highest BCUT2D eigenvalue weighted by molar-refractivity contribution is 5.96. The monoisotopic (exact) mass is 355 g/mol. The van der Waals surface area contributed by atoms with E-state index >= 15 is 0 Å². The predicted octanol–water partition coefficient (Wildman–Crippen LogP) is 2.10. The van der Waals surface area contributed by atoms with E-state index in [1.54, 1.807) is 30.5 Å². The lowest BCUT2D eigenvalue weighted by atomic mass is 10.1. The average molecular weight is 355 g/mol. The number of rotatable bonds is 5. The molecule has 2 aromatic rings. The first-order valence-corrected chi connectivity index (χ1v) is 8.45. The van der Waals surface area contributed by atoms with Gasteiger partial charge in [0, 0.05) is 18.8 Å². The van der Waals surface area contributed by atoms with Crippen LogP contribution in [-0.4, -0.2) is 42.0 Å². The van der Waals surface area contributed by atoms with Crippen LogP contribution in [-0.2, 0) is 4.74 Å². The number of ether oxygens (including phenoxy) is 1. The fourth-order valence-electron chi connectivity index (χ4n) is 2.87. The van der Waals surface area contributed by atoms with Crippen molar-refractivity contribution in [3.63, 3.8) is 0 Å². The summed E-state index contributed by atoms with van der Waals surface area (Å²) >= 11 is 0. The lowest BCUT2D eigenvalue weighted by molar-refractivity contribution is 0.0600. The molecule has 0 unspecified atom stereocenters. The molecule has 0 radical (unpaired) electrons. The molecule has 3 rings (SSSR count). The molecule has 0 bridgehead atoms. The third kappa shape index (κ3) is 3.90. The first-order valence-electron chi connectivity index (χ1n) is 8.45. The number of nitrogens with zero attached hydrogens (tertiary/aromatic N) is 3. The van der Waals surface area contributed by atoms with Crippen LogP contribution in [0.5, 0.6) is 0 Å². The Hall–Kier alpha value is -3.16. The highest BCUT2D eigenvalue weighted by Gasteiger charge is 2.18. The van der Waals surface area contributed by atoms with Gasteiger partial charge in [-0.25, -0.2) is 14.8 Å². The fraction of sp³-hybridized carbons (Fsp3) is 0.333. The van der Waals surface area contributed by atoms with Gasteiger partial charge in [0.05, 0.1) is 18.9 Å². The Balaban J connectivity index is 1.86. The maximum atomic E-state index is 11.7. The maximum absolute atomic E-state index is 11.7. The SMILES string of the molecule is COC(=O)c1ccc(Nc2nc(N3CCCCC3)cnc2C(N)=O)cc1. The van der Waals surface area contributed by atoms with Crippen molar-refractivity contribution in [1.82, 2.24) is 9.97 Å². The molecule has 8 heteroatoms. The van der Waals surface area contributed by atoms with Crippen molar-refractivity contribution in [2.45, 2.75) is 19.3 Å². The summed E-state index contributed by atoms with van der Waals surface area (Å²) in [5.74, 6) is -0.0626. The van der Waals surface area contributed by atoms with Gasteiger partial charge in [-0.3, -0.25) is 4.79 Å². The van der Waals surface area contributed by atoms with Crippen LogP contribution < -0.4 is 16.0 Å². The summed E-state index contributed by atoms with van der Waals surface area (Å²) in [5.41, 5.74) is 6.58. The Morgan fingerprint density at radius 3 is 2.46 bits per heavy atom. The fourth-order valence-corrected chi connectivity index (χ4v) is 2.87. The number of benzene rings is 1. The van der Waals surface area contributed by atoms with E-state index in [1.165, 1.54) is 13.5 Å². The van der Waals surface area contributed by atoms with Gasteiger partial charge in [-0.15, -0.1) is 0 Å². The maximum Gasteiger partial charge on any atom is 0.337 e. The molecule has 0 saturated carbocycles. The number of nitrogens with one attached hydrogen (secondary N) is 1. The van der Waals surface area contributed by atoms with Crippen LogP contribution in [0.2, 0.25) is 0 Å². The van der Waals surface area contributed by atoms with Crippen LogP contribution in [0, 0.1) is 0 Å². The highest BCUT2D eigenvalue weighted by Crippen LogP contribution is 2.23. The Morgan fingerprint density at radius 2 is 1.85 bits per heavy atom. The minimum absolute atomic E-state index is 0.0720. The molecule has 8 nitrogen and oxygen atoms in total. The van der Waals surface area contributed by atoms with Crippen molar-refractivity contribution in [1.29, 1.82) is 0 Å². The summed E-state index contributed by atoms with van der Waals surface area (Å²) in [5, 5.41) is 3.06. The number of carbonyl (C=O) groups is 2. The van der Waals surface area contributed by atoms with Crippen molar-refractivity contribution in [2.24, 2.45) is 5.73 Å². The molecule has 136 valence electrons. The summed E-state index contributed by atoms with van der Waals surface area (Å²) in [6.07, 6.45) is 5.01. The number of hydrogen-bond donors (Lipinski definition) is 2. The Kier molecular flexibility index (Phi) is 5.31. The van der Waals surface area contributed by atoms with Gasteiger partial charge in [-0.1, -0.05) is 0 Å². The molecule has 2 heterocycles. The van der Waals surface area contributed by atoms with Gasteiger partial charge in [0.2, 0.25) is 0 Å². The van der Waals surface area contributed by atoms with E-state index in [1.807, 2.05) is 0 Å². The van der Waals surface area contributed by atoms with Gasteiger partial charge >= 0.3 is 5.97 Å². The smallest absolute Gasteiger partial charge is 0.337 e. The third-order valence-corrected chi connectivity index (χ3v) is 4.24. The topological polar surface area (TPSA) is 110 Å². The number of nitrogens with two attached hydrogens (primary N) is 1. The molecule has 3 N–H and O–H groups in total. The van der Waals surface area contributed by atoms with Crippen molar-refractivity contribution in [2.75, 3.05) is 30.4 Å². The van der Waals surface area contributed by atoms with Gasteiger partial charge in [0.1, 0.15) is 5.82 Å². The quantitative estimate of drug-likeness (QED) is 0.790. The molecular weight excluding hydrogens is 334 g/mol. The van der Waals surface area contributed by atoms with Crippen molar-refractivity contribution in [3.05, 3.63) is 41.7 Å². The predicted molar refractivity (Wildman–Crippen MR) is 97.7 cm³/mol. The van der Waals surface area contributed by atoms with Crippen molar-refractivity contribution >= 4 is 29.2 Å². The summed E-state index contributed by atoms with van der Waals surface area (Å²) in [7, 11) is 1.33. The highest BCUT2D eigenvalue weighted by atomic mass is 16.5. The molecule has 0 spiro atoms. The van der Waals surface area contributed by atoms with Crippen LogP contribution in [0.25, 0.3) is 0 Å². The van der Waals surface area contributed by atoms with E-state index in [9.17, 15) is 9.59 Å². The zero-order valence-corrected chi connectivity index (χ0v) is 14.6. The van der Waals surface area contributed by atoms with Gasteiger partial charge in [0.15, 0.2) is 11.5 Å². The first-order chi connectivity index (χ1) is 12.6. The molecule has 1 aliphatic rings. The number of aromatic nitrogens is 2. The zero-order chi connectivity index (χ0) is 18.5. The van der Waals surface area contributed by atoms with E-state index in [0.717, 1.165) is 25.9 Å². The van der Waals surface area contributed by atoms with Gasteiger partial charge in [-0.05, 0) is 43.5 Å². The van der Waals surface area contributed by atoms with Gasteiger partial charge in [-0.2, -0.15) is 0 Å². The van der Waals surface area contributed by atoms with Gasteiger partial charge < -0.3 is 20.7 Å². The average Bonchev–Trinajstić information content (AvgIpc) is 2.68. The van der Waals surface area contributed by atoms with Crippen molar-refractivity contribution < 1.29 is 14.3 Å². The first kappa shape index (κ1) is 17.7. The van der Waals surface area contributed by atoms with Crippen LogP contribution in [0.3, 0.4) is 0 Å². The van der Waals surface area contributed by atoms with E-state index in [-0.39, 0.29) is 5.69 Å². The molecule has 0 aliphatic carbocycles. The van der Waals surface area contributed by atoms with Crippen LogP contribution in [0.1, 0.15) is 40.1 Å². The number of anilines is 3. The second-order valence-corrected chi connectivity index (χ2v) is 6.03. The number of primary amides is 1. The van der Waals surface area contributed by atoms with Crippen LogP contribution >= 0.6 is 0 Å². The molecule has 1 saturated heterocycles. The second-order valence-electron chi connectivity index (χ2n) is 6.03. The summed E-state index contributed by atoms with van der Waals surface area (Å²) < 4.78 is 4.68. The van der Waals surface area contributed by atoms with E-state index < -0.39 is 11.9 Å². The third-order valence-electron chi connectivity index (χ3n) is 4.24. The Morgan fingerprint density at radius 1 is 1.15 bits per heavy atom. The lowest BCUT2D eigenvalue weighted by Gasteiger charge is -2.27. The Bertz CT molecular complexity index is 801. The normalized spacial score (nSPS) is 14.0. The Labute approximate surface area is 151 Å². The molecule has 1 aromatic heterocycles. The number of methoxy groups -OCH3 is 1. The second kappa shape index (κ2) is 7.81. The minimum atomic E-state index is -0.656. The van der Waals surface area contributed by atoms with Crippen LogP contribution in [0.4, 0.5) is 17.3 Å². The molecule has 26 heavy (non-hydrogen) atoms. The van der Waals surface area contributed by atoms with Crippen molar-refractivity contribution in [3.8, 4) is 0 Å². The largest absolute Gasteiger partial charge is 0.465 e. The van der Waals surface area contributed by atoms with Gasteiger partial charge in [0.25, 0.3) is 5.91 Å². The molecule has 0 atom stereocenters. The molecular formula is C18H21N5O3. The summed E-state index contributed by atoms with van der Waals surface area (Å²) in [6, 6.07) is 6.65. The lowest BCUT2D eigenvalue weighted by Crippen LogP contribution is -2.31. The summed E-state index contributed by atoms with van der Waals surface area (Å²) in [4.78, 5) is 34.1. The number of amides is 1. The number of piperidine rings is 1. The zero-order valence-electron chi connectivity index (χ0n) is 14.6. The minimum Gasteiger partial charge on any atom is -0.465 e. The number of carbonyl (C=O) groups excluding carboxylic acids is 2. The van der Waals surface area contributed by atoms with Crippen LogP contribution in [0.15, 0.2) is 30.5 Å². The standard InChI is InChI=1S/C18H21N5O3/c1-26-18(25)12-5-7-13(8-6-12)21-17-15(16(19)24)20-11-14(22-17)23-9-3-2-4-10-23/h5-8,11H,2-4,9-10H2,1H3,(H2,19,24)(H,21,22). The summed E-state index contributed by atoms with van der Waals surface area (Å²) in [6.45, 7) is 1.83. The van der Waals surface area contributed by atoms with E-state index in [0.29, 0.717) is 22.9 Å². The van der Waals surface area contributed by atoms with E-state index in [2.05, 4.69) is 24.9 Å². The van der Waals surface area contributed by atoms with E-state index in [4.69, 9.17) is 5.73 Å². The molecule has 1 amide bonds.